The van der Waals surface area contributed by atoms with Crippen molar-refractivity contribution < 1.29 is 9.53 Å². The molecule has 2 rings (SSSR count). The molecule has 0 bridgehead atoms. The molecule has 1 aliphatic carbocycles. The molecule has 1 aromatic carbocycles. The molecule has 0 aliphatic heterocycles. The number of nitrogens with zero attached hydrogens (tertiary/aromatic N) is 2. The van der Waals surface area contributed by atoms with Crippen molar-refractivity contribution in [3.05, 3.63) is 29.3 Å². The van der Waals surface area contributed by atoms with Crippen LogP contribution in [0.3, 0.4) is 0 Å². The fourth-order valence-corrected chi connectivity index (χ4v) is 2.51. The van der Waals surface area contributed by atoms with Crippen molar-refractivity contribution in [3.8, 4) is 11.8 Å². The van der Waals surface area contributed by atoms with Crippen molar-refractivity contribution in [1.82, 2.24) is 10.2 Å². The summed E-state index contributed by atoms with van der Waals surface area (Å²) in [5, 5.41) is 12.8. The molecule has 1 aliphatic rings. The lowest BCUT2D eigenvalue weighted by atomic mass is 9.98. The summed E-state index contributed by atoms with van der Waals surface area (Å²) < 4.78 is 5.60. The Morgan fingerprint density at radius 3 is 2.70 bits per heavy atom. The number of benzene rings is 1. The molecule has 1 saturated carbocycles. The fourth-order valence-electron chi connectivity index (χ4n) is 2.39. The van der Waals surface area contributed by atoms with Gasteiger partial charge in [-0.05, 0) is 57.0 Å². The number of likely N-dealkylation sites (N-methyl/N-ethyl adjacent to an activating group) is 1. The number of hydrogen-bond donors (Lipinski definition) is 1. The Morgan fingerprint density at radius 2 is 2.13 bits per heavy atom. The van der Waals surface area contributed by atoms with Crippen LogP contribution in [0, 0.1) is 17.2 Å². The highest BCUT2D eigenvalue weighted by Gasteiger charge is 2.42. The van der Waals surface area contributed by atoms with E-state index in [1.54, 1.807) is 19.1 Å². The van der Waals surface area contributed by atoms with E-state index >= 15 is 0 Å². The normalized spacial score (nSPS) is 16.5. The summed E-state index contributed by atoms with van der Waals surface area (Å²) in [4.78, 5) is 13.9. The van der Waals surface area contributed by atoms with Crippen molar-refractivity contribution in [2.75, 3.05) is 26.7 Å². The van der Waals surface area contributed by atoms with E-state index in [-0.39, 0.29) is 18.4 Å². The van der Waals surface area contributed by atoms with Gasteiger partial charge in [0, 0.05) is 11.6 Å². The average Bonchev–Trinajstić information content (AvgIpc) is 3.34. The van der Waals surface area contributed by atoms with Gasteiger partial charge in [-0.15, -0.1) is 0 Å². The summed E-state index contributed by atoms with van der Waals surface area (Å²) >= 11 is 5.81. The molecule has 1 unspecified atom stereocenters. The first-order valence-electron chi connectivity index (χ1n) is 7.72. The van der Waals surface area contributed by atoms with E-state index < -0.39 is 5.54 Å². The summed E-state index contributed by atoms with van der Waals surface area (Å²) in [7, 11) is 1.85. The van der Waals surface area contributed by atoms with Gasteiger partial charge in [-0.2, -0.15) is 5.26 Å². The van der Waals surface area contributed by atoms with Crippen molar-refractivity contribution in [1.29, 1.82) is 5.26 Å². The Balaban J connectivity index is 1.69. The van der Waals surface area contributed by atoms with Gasteiger partial charge in [-0.25, -0.2) is 0 Å². The van der Waals surface area contributed by atoms with Crippen molar-refractivity contribution >= 4 is 17.5 Å². The largest absolute Gasteiger partial charge is 0.492 e. The van der Waals surface area contributed by atoms with E-state index in [4.69, 9.17) is 16.3 Å². The Hall–Kier alpha value is -1.77. The molecule has 0 spiro atoms. The summed E-state index contributed by atoms with van der Waals surface area (Å²) in [6, 6.07) is 9.39. The van der Waals surface area contributed by atoms with Crippen LogP contribution in [0.15, 0.2) is 24.3 Å². The molecule has 0 saturated heterocycles. The quantitative estimate of drug-likeness (QED) is 0.792. The van der Waals surface area contributed by atoms with Crippen LogP contribution in [0.1, 0.15) is 19.8 Å². The summed E-state index contributed by atoms with van der Waals surface area (Å²) in [5.41, 5.74) is -0.738. The number of rotatable bonds is 8. The van der Waals surface area contributed by atoms with Gasteiger partial charge < -0.3 is 10.1 Å². The van der Waals surface area contributed by atoms with Crippen molar-refractivity contribution in [2.45, 2.75) is 25.3 Å². The van der Waals surface area contributed by atoms with E-state index in [9.17, 15) is 10.1 Å². The van der Waals surface area contributed by atoms with Gasteiger partial charge >= 0.3 is 0 Å². The molecule has 1 atom stereocenters. The molecular weight excluding hydrogens is 314 g/mol. The van der Waals surface area contributed by atoms with Crippen LogP contribution in [0.4, 0.5) is 0 Å². The fraction of sp³-hybridized carbons (Fsp3) is 0.529. The third-order valence-corrected chi connectivity index (χ3v) is 4.25. The lowest BCUT2D eigenvalue weighted by Gasteiger charge is -2.24. The van der Waals surface area contributed by atoms with Crippen molar-refractivity contribution in [2.24, 2.45) is 5.92 Å². The van der Waals surface area contributed by atoms with E-state index in [2.05, 4.69) is 11.4 Å². The molecule has 124 valence electrons. The van der Waals surface area contributed by atoms with E-state index in [0.717, 1.165) is 18.6 Å². The van der Waals surface area contributed by atoms with Crippen LogP contribution < -0.4 is 10.1 Å². The standard InChI is InChI=1S/C17H22ClN3O2/c1-17(12-19,13-3-4-13)20-16(22)11-21(2)9-10-23-15-7-5-14(18)6-8-15/h5-8,13H,3-4,9-11H2,1-2H3,(H,20,22). The first-order valence-corrected chi connectivity index (χ1v) is 8.10. The number of halogens is 1. The van der Waals surface area contributed by atoms with Crippen LogP contribution in [0.5, 0.6) is 5.75 Å². The smallest absolute Gasteiger partial charge is 0.235 e. The van der Waals surface area contributed by atoms with Crippen molar-refractivity contribution in [3.63, 3.8) is 0 Å². The van der Waals surface area contributed by atoms with E-state index in [1.807, 2.05) is 24.1 Å². The topological polar surface area (TPSA) is 65.4 Å². The number of carbonyl (C=O) groups excluding carboxylic acids is 1. The van der Waals surface area contributed by atoms with Crippen LogP contribution in [-0.2, 0) is 4.79 Å². The second-order valence-electron chi connectivity index (χ2n) is 6.18. The number of carbonyl (C=O) groups is 1. The zero-order chi connectivity index (χ0) is 16.9. The highest BCUT2D eigenvalue weighted by Crippen LogP contribution is 2.39. The summed E-state index contributed by atoms with van der Waals surface area (Å²) in [5.74, 6) is 0.906. The zero-order valence-electron chi connectivity index (χ0n) is 13.5. The van der Waals surface area contributed by atoms with Crippen LogP contribution >= 0.6 is 11.6 Å². The average molecular weight is 336 g/mol. The molecule has 5 nitrogen and oxygen atoms in total. The molecule has 23 heavy (non-hydrogen) atoms. The number of hydrogen-bond acceptors (Lipinski definition) is 4. The van der Waals surface area contributed by atoms with Gasteiger partial charge in [0.15, 0.2) is 0 Å². The van der Waals surface area contributed by atoms with E-state index in [0.29, 0.717) is 18.2 Å². The molecule has 1 N–H and O–H groups in total. The minimum Gasteiger partial charge on any atom is -0.492 e. The highest BCUT2D eigenvalue weighted by atomic mass is 35.5. The number of nitriles is 1. The number of ether oxygens (including phenoxy) is 1. The molecular formula is C17H22ClN3O2. The molecule has 1 fully saturated rings. The maximum absolute atomic E-state index is 12.1. The van der Waals surface area contributed by atoms with Gasteiger partial charge in [-0.1, -0.05) is 11.6 Å². The van der Waals surface area contributed by atoms with Crippen LogP contribution in [-0.4, -0.2) is 43.1 Å². The third-order valence-electron chi connectivity index (χ3n) is 3.99. The summed E-state index contributed by atoms with van der Waals surface area (Å²) in [6.45, 7) is 3.13. The van der Waals surface area contributed by atoms with Gasteiger partial charge in [0.25, 0.3) is 0 Å². The van der Waals surface area contributed by atoms with Crippen LogP contribution in [0.25, 0.3) is 0 Å². The van der Waals surface area contributed by atoms with Gasteiger partial charge in [0.05, 0.1) is 12.6 Å². The predicted molar refractivity (Wildman–Crippen MR) is 89.3 cm³/mol. The minimum atomic E-state index is -0.738. The minimum absolute atomic E-state index is 0.130. The predicted octanol–water partition coefficient (Wildman–Crippen LogP) is 2.46. The molecule has 0 radical (unpaired) electrons. The Bertz CT molecular complexity index is 580. The molecule has 0 heterocycles. The second-order valence-corrected chi connectivity index (χ2v) is 6.61. The van der Waals surface area contributed by atoms with E-state index in [1.165, 1.54) is 0 Å². The SMILES string of the molecule is CN(CCOc1ccc(Cl)cc1)CC(=O)NC(C)(C#N)C1CC1. The highest BCUT2D eigenvalue weighted by molar-refractivity contribution is 6.30. The molecule has 1 amide bonds. The molecule has 6 heteroatoms. The second kappa shape index (κ2) is 7.67. The van der Waals surface area contributed by atoms with Gasteiger partial charge in [0.2, 0.25) is 5.91 Å². The zero-order valence-corrected chi connectivity index (χ0v) is 14.3. The first-order chi connectivity index (χ1) is 10.9. The first kappa shape index (κ1) is 17.6. The lowest BCUT2D eigenvalue weighted by Crippen LogP contribution is -2.50. The van der Waals surface area contributed by atoms with Gasteiger partial charge in [-0.3, -0.25) is 9.69 Å². The number of nitrogens with one attached hydrogen (secondary N) is 1. The Labute approximate surface area is 142 Å². The van der Waals surface area contributed by atoms with Crippen LogP contribution in [0.2, 0.25) is 5.02 Å². The monoisotopic (exact) mass is 335 g/mol. The number of amides is 1. The molecule has 0 aromatic heterocycles. The Kier molecular flexibility index (Phi) is 5.86. The maximum atomic E-state index is 12.1. The van der Waals surface area contributed by atoms with Gasteiger partial charge in [0.1, 0.15) is 17.9 Å². The summed E-state index contributed by atoms with van der Waals surface area (Å²) in [6.07, 6.45) is 2.02. The Morgan fingerprint density at radius 1 is 1.48 bits per heavy atom. The lowest BCUT2D eigenvalue weighted by molar-refractivity contribution is -0.123. The third kappa shape index (κ3) is 5.42. The maximum Gasteiger partial charge on any atom is 0.235 e. The molecule has 1 aromatic rings.